The average molecular weight is 466 g/mol. The summed E-state index contributed by atoms with van der Waals surface area (Å²) in [6.45, 7) is 4.87. The zero-order valence-electron chi connectivity index (χ0n) is 18.4. The third-order valence-electron chi connectivity index (χ3n) is 5.42. The molecule has 0 saturated carbocycles. The van der Waals surface area contributed by atoms with Gasteiger partial charge in [-0.05, 0) is 36.3 Å². The van der Waals surface area contributed by atoms with Gasteiger partial charge in [-0.15, -0.1) is 0 Å². The van der Waals surface area contributed by atoms with Crippen molar-refractivity contribution < 1.29 is 38.0 Å². The van der Waals surface area contributed by atoms with Gasteiger partial charge in [-0.25, -0.2) is 5.21 Å². The standard InChI is InChI=1S/C23H26F3N3O4/c1-4-9-27-15-6-5-14(28-10-11-29(3,33)12-23(24,25)26)18-13(2)19-16(30)7-8-17(31)21(19)22(32)20(15)18/h5-8,28,33H,2,4,9-12H2,1,3H3,(H2-,27,30,31,32)/p+1. The number of hydrogen-bond acceptors (Lipinski definition) is 6. The second-order valence-corrected chi connectivity index (χ2v) is 8.26. The van der Waals surface area contributed by atoms with Gasteiger partial charge in [-0.3, -0.25) is 4.79 Å². The second-order valence-electron chi connectivity index (χ2n) is 8.26. The molecule has 0 aromatic heterocycles. The van der Waals surface area contributed by atoms with Gasteiger partial charge in [-0.1, -0.05) is 13.5 Å². The highest BCUT2D eigenvalue weighted by atomic mass is 19.4. The molecule has 0 radical (unpaired) electrons. The number of anilines is 2. The third kappa shape index (κ3) is 5.07. The molecule has 1 aliphatic rings. The summed E-state index contributed by atoms with van der Waals surface area (Å²) in [6, 6.07) is 5.81. The molecule has 10 heteroatoms. The first kappa shape index (κ1) is 24.4. The fourth-order valence-corrected chi connectivity index (χ4v) is 3.97. The van der Waals surface area contributed by atoms with Gasteiger partial charge in [0.05, 0.1) is 24.7 Å². The van der Waals surface area contributed by atoms with Gasteiger partial charge in [-0.2, -0.15) is 17.8 Å². The van der Waals surface area contributed by atoms with Crippen LogP contribution in [-0.4, -0.2) is 65.3 Å². The fraction of sp³-hybridized carbons (Fsp3) is 0.348. The Hall–Kier alpha value is -3.24. The molecule has 0 spiro atoms. The lowest BCUT2D eigenvalue weighted by molar-refractivity contribution is -1.09. The Morgan fingerprint density at radius 1 is 0.939 bits per heavy atom. The molecule has 0 heterocycles. The van der Waals surface area contributed by atoms with E-state index >= 15 is 0 Å². The summed E-state index contributed by atoms with van der Waals surface area (Å²) >= 11 is 0. The number of nitrogens with one attached hydrogen (secondary N) is 2. The number of fused-ring (bicyclic) bond motifs is 2. The molecule has 5 N–H and O–H groups in total. The Bertz CT molecular complexity index is 1100. The molecule has 1 unspecified atom stereocenters. The van der Waals surface area contributed by atoms with E-state index in [1.165, 1.54) is 12.1 Å². The van der Waals surface area contributed by atoms with Crippen molar-refractivity contribution in [3.05, 3.63) is 53.1 Å². The van der Waals surface area contributed by atoms with Crippen LogP contribution in [0.15, 0.2) is 30.8 Å². The molecule has 2 aromatic rings. The van der Waals surface area contributed by atoms with Gasteiger partial charge in [0.15, 0.2) is 5.78 Å². The van der Waals surface area contributed by atoms with E-state index < -0.39 is 23.2 Å². The summed E-state index contributed by atoms with van der Waals surface area (Å²) in [5.74, 6) is -1.03. The minimum absolute atomic E-state index is 0.0302. The quantitative estimate of drug-likeness (QED) is 0.192. The van der Waals surface area contributed by atoms with E-state index in [1.54, 1.807) is 12.1 Å². The summed E-state index contributed by atoms with van der Waals surface area (Å²) < 4.78 is 36.8. The number of quaternary nitrogens is 1. The minimum atomic E-state index is -4.53. The molecule has 2 aromatic carbocycles. The van der Waals surface area contributed by atoms with Crippen LogP contribution in [-0.2, 0) is 0 Å². The van der Waals surface area contributed by atoms with Crippen LogP contribution < -0.4 is 10.6 Å². The van der Waals surface area contributed by atoms with Crippen molar-refractivity contribution in [3.63, 3.8) is 0 Å². The first-order valence-corrected chi connectivity index (χ1v) is 10.4. The van der Waals surface area contributed by atoms with Crippen molar-refractivity contribution in [2.24, 2.45) is 0 Å². The van der Waals surface area contributed by atoms with E-state index in [-0.39, 0.29) is 46.9 Å². The molecule has 0 aliphatic heterocycles. The molecule has 1 aliphatic carbocycles. The average Bonchev–Trinajstić information content (AvgIpc) is 2.70. The molecular formula is C23H27F3N3O4+. The van der Waals surface area contributed by atoms with Crippen LogP contribution in [0.2, 0.25) is 0 Å². The Morgan fingerprint density at radius 2 is 1.48 bits per heavy atom. The van der Waals surface area contributed by atoms with Gasteiger partial charge in [0.2, 0.25) is 6.54 Å². The number of phenolic OH excluding ortho intramolecular Hbond substituents is 2. The molecule has 33 heavy (non-hydrogen) atoms. The topological polar surface area (TPSA) is 102 Å². The molecular weight excluding hydrogens is 439 g/mol. The van der Waals surface area contributed by atoms with Crippen LogP contribution in [0.4, 0.5) is 24.5 Å². The Labute approximate surface area is 189 Å². The summed E-state index contributed by atoms with van der Waals surface area (Å²) in [7, 11) is 1.06. The van der Waals surface area contributed by atoms with Crippen molar-refractivity contribution >= 4 is 22.7 Å². The maximum Gasteiger partial charge on any atom is 0.441 e. The number of hydrogen-bond donors (Lipinski definition) is 5. The van der Waals surface area contributed by atoms with Gasteiger partial charge in [0.1, 0.15) is 18.0 Å². The van der Waals surface area contributed by atoms with Crippen LogP contribution in [0.5, 0.6) is 11.5 Å². The maximum atomic E-state index is 13.4. The smallest absolute Gasteiger partial charge is 0.441 e. The van der Waals surface area contributed by atoms with Crippen LogP contribution in [0.25, 0.3) is 5.57 Å². The molecule has 0 bridgehead atoms. The van der Waals surface area contributed by atoms with E-state index in [0.717, 1.165) is 13.5 Å². The van der Waals surface area contributed by atoms with E-state index in [9.17, 15) is 33.4 Å². The van der Waals surface area contributed by atoms with Crippen LogP contribution in [0.1, 0.15) is 40.4 Å². The molecule has 7 nitrogen and oxygen atoms in total. The van der Waals surface area contributed by atoms with E-state index in [0.29, 0.717) is 23.5 Å². The minimum Gasteiger partial charge on any atom is -0.507 e. The lowest BCUT2D eigenvalue weighted by Crippen LogP contribution is -2.49. The lowest BCUT2D eigenvalue weighted by Gasteiger charge is -2.29. The third-order valence-corrected chi connectivity index (χ3v) is 5.42. The number of carbonyl (C=O) groups is 1. The molecule has 3 rings (SSSR count). The highest BCUT2D eigenvalue weighted by molar-refractivity contribution is 6.24. The molecule has 0 fully saturated rings. The summed E-state index contributed by atoms with van der Waals surface area (Å²) in [6.07, 6.45) is -3.74. The number of carbonyl (C=O) groups excluding carboxylic acids is 1. The molecule has 0 saturated heterocycles. The number of phenols is 2. The SMILES string of the molecule is C=C1c2c(O)ccc(O)c2C(=O)c2c(NCCC)ccc(NCC[N+](C)(O)CC(F)(F)F)c21. The van der Waals surface area contributed by atoms with E-state index in [1.807, 2.05) is 6.92 Å². The number of likely N-dealkylation sites (N-methyl/N-ethyl adjacent to an activating group) is 1. The Kier molecular flexibility index (Phi) is 6.62. The second kappa shape index (κ2) is 8.95. The highest BCUT2D eigenvalue weighted by Gasteiger charge is 2.39. The maximum absolute atomic E-state index is 13.4. The van der Waals surface area contributed by atoms with E-state index in [4.69, 9.17) is 0 Å². The zero-order chi connectivity index (χ0) is 24.6. The number of benzene rings is 2. The molecule has 0 amide bonds. The van der Waals surface area contributed by atoms with Crippen LogP contribution in [0.3, 0.4) is 0 Å². The summed E-state index contributed by atoms with van der Waals surface area (Å²) in [5, 5.41) is 36.9. The predicted octanol–water partition coefficient (Wildman–Crippen LogP) is 4.34. The fourth-order valence-electron chi connectivity index (χ4n) is 3.97. The van der Waals surface area contributed by atoms with Crippen LogP contribution in [0, 0.1) is 0 Å². The van der Waals surface area contributed by atoms with Gasteiger partial charge < -0.3 is 20.8 Å². The highest BCUT2D eigenvalue weighted by Crippen LogP contribution is 2.47. The monoisotopic (exact) mass is 466 g/mol. The van der Waals surface area contributed by atoms with Crippen molar-refractivity contribution in [3.8, 4) is 11.5 Å². The number of nitrogens with zero attached hydrogens (tertiary/aromatic N) is 1. The Balaban J connectivity index is 2.01. The first-order chi connectivity index (χ1) is 15.4. The number of rotatable bonds is 8. The summed E-state index contributed by atoms with van der Waals surface area (Å²) in [5.41, 5.74) is 1.85. The number of aromatic hydroxyl groups is 2. The largest absolute Gasteiger partial charge is 0.507 e. The first-order valence-electron chi connectivity index (χ1n) is 10.4. The Morgan fingerprint density at radius 3 is 2.06 bits per heavy atom. The molecule has 178 valence electrons. The van der Waals surface area contributed by atoms with Gasteiger partial charge in [0.25, 0.3) is 0 Å². The molecule has 1 atom stereocenters. The normalized spacial score (nSPS) is 15.0. The van der Waals surface area contributed by atoms with Crippen molar-refractivity contribution in [2.75, 3.05) is 43.9 Å². The van der Waals surface area contributed by atoms with Gasteiger partial charge >= 0.3 is 6.18 Å². The number of halogens is 3. The summed E-state index contributed by atoms with van der Waals surface area (Å²) in [4.78, 5) is 13.4. The van der Waals surface area contributed by atoms with Crippen molar-refractivity contribution in [1.29, 1.82) is 0 Å². The van der Waals surface area contributed by atoms with Gasteiger partial charge in [0, 0.05) is 29.0 Å². The van der Waals surface area contributed by atoms with E-state index in [2.05, 4.69) is 17.2 Å². The van der Waals surface area contributed by atoms with Crippen molar-refractivity contribution in [1.82, 2.24) is 0 Å². The predicted molar refractivity (Wildman–Crippen MR) is 119 cm³/mol. The zero-order valence-corrected chi connectivity index (χ0v) is 18.4. The van der Waals surface area contributed by atoms with Crippen LogP contribution >= 0.6 is 0 Å². The number of hydroxylamine groups is 3. The lowest BCUT2D eigenvalue weighted by atomic mass is 9.79. The number of ketones is 1. The number of alkyl halides is 3. The van der Waals surface area contributed by atoms with Crippen molar-refractivity contribution in [2.45, 2.75) is 19.5 Å².